The van der Waals surface area contributed by atoms with Crippen molar-refractivity contribution in [3.63, 3.8) is 0 Å². The van der Waals surface area contributed by atoms with Gasteiger partial charge in [0, 0.05) is 12.1 Å². The third kappa shape index (κ3) is 7.06. The lowest BCUT2D eigenvalue weighted by atomic mass is 9.99. The van der Waals surface area contributed by atoms with E-state index in [0.29, 0.717) is 35.0 Å². The molecule has 184 valence electrons. The number of nitrogens with one attached hydrogen (secondary N) is 3. The summed E-state index contributed by atoms with van der Waals surface area (Å²) in [5.41, 5.74) is 3.28. The number of hydrogen-bond donors (Lipinski definition) is 3. The van der Waals surface area contributed by atoms with Crippen molar-refractivity contribution in [1.29, 1.82) is 0 Å². The molecule has 3 rings (SSSR count). The highest BCUT2D eigenvalue weighted by molar-refractivity contribution is 7.90. The number of amides is 2. The van der Waals surface area contributed by atoms with Gasteiger partial charge in [-0.15, -0.1) is 0 Å². The van der Waals surface area contributed by atoms with Gasteiger partial charge in [0.1, 0.15) is 6.04 Å². The largest absolute Gasteiger partial charge is 0.371 e. The van der Waals surface area contributed by atoms with E-state index in [1.807, 2.05) is 19.1 Å². The Bertz CT molecular complexity index is 1110. The molecule has 0 saturated heterocycles. The van der Waals surface area contributed by atoms with Gasteiger partial charge in [-0.1, -0.05) is 62.9 Å². The predicted octanol–water partition coefficient (Wildman–Crippen LogP) is 4.29. The monoisotopic (exact) mass is 485 g/mol. The number of unbranched alkanes of at least 4 members (excludes halogenated alkanes) is 1. The number of anilines is 2. The van der Waals surface area contributed by atoms with E-state index in [1.165, 1.54) is 0 Å². The van der Waals surface area contributed by atoms with Crippen molar-refractivity contribution in [3.8, 4) is 0 Å². The van der Waals surface area contributed by atoms with Crippen LogP contribution in [-0.4, -0.2) is 38.6 Å². The van der Waals surface area contributed by atoms with Gasteiger partial charge < -0.3 is 16.0 Å². The molecule has 1 aliphatic heterocycles. The molecule has 7 nitrogen and oxygen atoms in total. The zero-order valence-corrected chi connectivity index (χ0v) is 21.0. The van der Waals surface area contributed by atoms with E-state index < -0.39 is 21.8 Å². The second-order valence-corrected chi connectivity index (χ2v) is 11.2. The summed E-state index contributed by atoms with van der Waals surface area (Å²) in [4.78, 5) is 25.3. The third-order valence-electron chi connectivity index (χ3n) is 6.21. The van der Waals surface area contributed by atoms with Crippen LogP contribution in [0.1, 0.15) is 61.0 Å². The lowest BCUT2D eigenvalue weighted by Gasteiger charge is -2.27. The fourth-order valence-corrected chi connectivity index (χ4v) is 5.60. The second kappa shape index (κ2) is 11.5. The first-order chi connectivity index (χ1) is 16.2. The molecular formula is C26H35N3O4S. The van der Waals surface area contributed by atoms with Gasteiger partial charge in [-0.2, -0.15) is 0 Å². The SMILES string of the molecule is CCCCC(CC)CNC(=O)c1ccc2c(c1)NC(=O)C(CS(=O)(=O)Cc1ccc(C)cc1)N2. The van der Waals surface area contributed by atoms with Crippen molar-refractivity contribution < 1.29 is 18.0 Å². The number of carbonyl (C=O) groups excluding carboxylic acids is 2. The van der Waals surface area contributed by atoms with E-state index >= 15 is 0 Å². The van der Waals surface area contributed by atoms with Gasteiger partial charge in [-0.25, -0.2) is 8.42 Å². The molecule has 0 spiro atoms. The summed E-state index contributed by atoms with van der Waals surface area (Å²) >= 11 is 0. The Labute approximate surface area is 202 Å². The minimum absolute atomic E-state index is 0.123. The van der Waals surface area contributed by atoms with Crippen molar-refractivity contribution in [2.75, 3.05) is 22.9 Å². The maximum absolute atomic E-state index is 12.7. The minimum atomic E-state index is -3.52. The quantitative estimate of drug-likeness (QED) is 0.440. The van der Waals surface area contributed by atoms with E-state index in [4.69, 9.17) is 0 Å². The van der Waals surface area contributed by atoms with Gasteiger partial charge in [-0.05, 0) is 43.0 Å². The van der Waals surface area contributed by atoms with Crippen LogP contribution in [0.4, 0.5) is 11.4 Å². The van der Waals surface area contributed by atoms with Crippen LogP contribution in [0.5, 0.6) is 0 Å². The third-order valence-corrected chi connectivity index (χ3v) is 7.82. The maximum atomic E-state index is 12.7. The molecule has 0 saturated carbocycles. The zero-order valence-electron chi connectivity index (χ0n) is 20.2. The Morgan fingerprint density at radius 2 is 1.82 bits per heavy atom. The van der Waals surface area contributed by atoms with E-state index in [9.17, 15) is 18.0 Å². The number of rotatable bonds is 11. The highest BCUT2D eigenvalue weighted by atomic mass is 32.2. The average Bonchev–Trinajstić information content (AvgIpc) is 2.80. The molecule has 0 bridgehead atoms. The minimum Gasteiger partial charge on any atom is -0.371 e. The lowest BCUT2D eigenvalue weighted by Crippen LogP contribution is -2.43. The highest BCUT2D eigenvalue weighted by Gasteiger charge is 2.30. The Balaban J connectivity index is 1.62. The summed E-state index contributed by atoms with van der Waals surface area (Å²) in [6.45, 7) is 6.85. The Morgan fingerprint density at radius 3 is 2.50 bits per heavy atom. The molecule has 0 fully saturated rings. The van der Waals surface area contributed by atoms with Gasteiger partial charge in [0.15, 0.2) is 9.84 Å². The normalized spacial score (nSPS) is 16.2. The van der Waals surface area contributed by atoms with Crippen molar-refractivity contribution in [2.45, 2.75) is 58.2 Å². The van der Waals surface area contributed by atoms with Gasteiger partial charge in [0.05, 0.1) is 22.9 Å². The van der Waals surface area contributed by atoms with Crippen LogP contribution in [-0.2, 0) is 20.4 Å². The zero-order chi connectivity index (χ0) is 24.7. The Kier molecular flexibility index (Phi) is 8.72. The molecule has 1 aliphatic rings. The van der Waals surface area contributed by atoms with Crippen LogP contribution in [0.15, 0.2) is 42.5 Å². The summed E-state index contributed by atoms with van der Waals surface area (Å²) < 4.78 is 25.4. The van der Waals surface area contributed by atoms with Crippen molar-refractivity contribution in [2.24, 2.45) is 5.92 Å². The fraction of sp³-hybridized carbons (Fsp3) is 0.462. The van der Waals surface area contributed by atoms with Gasteiger partial charge in [-0.3, -0.25) is 9.59 Å². The molecule has 3 N–H and O–H groups in total. The summed E-state index contributed by atoms with van der Waals surface area (Å²) in [6.07, 6.45) is 4.38. The van der Waals surface area contributed by atoms with E-state index in [2.05, 4.69) is 29.8 Å². The molecule has 34 heavy (non-hydrogen) atoms. The van der Waals surface area contributed by atoms with Crippen LogP contribution in [0, 0.1) is 12.8 Å². The summed E-state index contributed by atoms with van der Waals surface area (Å²) in [7, 11) is -3.52. The second-order valence-electron chi connectivity index (χ2n) is 9.11. The van der Waals surface area contributed by atoms with Crippen LogP contribution in [0.3, 0.4) is 0 Å². The number of aryl methyl sites for hydroxylation is 1. The molecule has 0 aliphatic carbocycles. The van der Waals surface area contributed by atoms with Crippen LogP contribution in [0.2, 0.25) is 0 Å². The molecule has 2 atom stereocenters. The number of sulfone groups is 1. The number of fused-ring (bicyclic) bond motifs is 1. The van der Waals surface area contributed by atoms with Gasteiger partial charge in [0.2, 0.25) is 5.91 Å². The summed E-state index contributed by atoms with van der Waals surface area (Å²) in [6, 6.07) is 11.4. The van der Waals surface area contributed by atoms with Crippen molar-refractivity contribution >= 4 is 33.0 Å². The van der Waals surface area contributed by atoms with E-state index in [0.717, 1.165) is 31.2 Å². The maximum Gasteiger partial charge on any atom is 0.251 e. The molecule has 2 aromatic rings. The first-order valence-electron chi connectivity index (χ1n) is 12.0. The van der Waals surface area contributed by atoms with Crippen molar-refractivity contribution in [1.82, 2.24) is 5.32 Å². The molecule has 8 heteroatoms. The Morgan fingerprint density at radius 1 is 1.09 bits per heavy atom. The lowest BCUT2D eigenvalue weighted by molar-refractivity contribution is -0.116. The standard InChI is InChI=1S/C26H35N3O4S/c1-4-6-7-19(5-2)15-27-25(30)21-12-13-22-23(14-21)29-26(31)24(28-22)17-34(32,33)16-20-10-8-18(3)9-11-20/h8-14,19,24,28H,4-7,15-17H2,1-3H3,(H,27,30)(H,29,31). The molecule has 0 aromatic heterocycles. The fourth-order valence-electron chi connectivity index (χ4n) is 4.04. The molecule has 2 aromatic carbocycles. The Hall–Kier alpha value is -2.87. The number of benzene rings is 2. The van der Waals surface area contributed by atoms with E-state index in [1.54, 1.807) is 30.3 Å². The molecule has 2 unspecified atom stereocenters. The number of hydrogen-bond acceptors (Lipinski definition) is 5. The number of carbonyl (C=O) groups is 2. The molecule has 1 heterocycles. The van der Waals surface area contributed by atoms with Gasteiger partial charge in [0.25, 0.3) is 5.91 Å². The van der Waals surface area contributed by atoms with Crippen LogP contribution < -0.4 is 16.0 Å². The summed E-state index contributed by atoms with van der Waals surface area (Å²) in [5, 5.41) is 8.77. The van der Waals surface area contributed by atoms with Crippen molar-refractivity contribution in [3.05, 3.63) is 59.2 Å². The van der Waals surface area contributed by atoms with E-state index in [-0.39, 0.29) is 17.4 Å². The first kappa shape index (κ1) is 25.7. The smallest absolute Gasteiger partial charge is 0.251 e. The average molecular weight is 486 g/mol. The highest BCUT2D eigenvalue weighted by Crippen LogP contribution is 2.28. The predicted molar refractivity (Wildman–Crippen MR) is 137 cm³/mol. The molecule has 2 amide bonds. The van der Waals surface area contributed by atoms with Gasteiger partial charge >= 0.3 is 0 Å². The molecule has 0 radical (unpaired) electrons. The topological polar surface area (TPSA) is 104 Å². The van der Waals surface area contributed by atoms with Crippen LogP contribution in [0.25, 0.3) is 0 Å². The molecular weight excluding hydrogens is 450 g/mol. The first-order valence-corrected chi connectivity index (χ1v) is 13.8. The van der Waals surface area contributed by atoms with Crippen LogP contribution >= 0.6 is 0 Å². The summed E-state index contributed by atoms with van der Waals surface area (Å²) in [5.74, 6) is -0.602.